The zero-order valence-corrected chi connectivity index (χ0v) is 12.8. The van der Waals surface area contributed by atoms with Gasteiger partial charge in [-0.3, -0.25) is 9.59 Å². The first kappa shape index (κ1) is 15.0. The minimum atomic E-state index is -0.0254. The summed E-state index contributed by atoms with van der Waals surface area (Å²) in [5.41, 5.74) is 0. The molecule has 2 amide bonds. The van der Waals surface area contributed by atoms with Crippen molar-refractivity contribution in [1.29, 1.82) is 0 Å². The molecule has 6 heteroatoms. The number of amides is 2. The lowest BCUT2D eigenvalue weighted by Crippen LogP contribution is -3.11. The lowest BCUT2D eigenvalue weighted by molar-refractivity contribution is -0.862. The summed E-state index contributed by atoms with van der Waals surface area (Å²) in [5.74, 6) is 0.00623. The minimum Gasteiger partial charge on any atom is -0.348 e. The lowest BCUT2D eigenvalue weighted by Gasteiger charge is -2.16. The predicted octanol–water partition coefficient (Wildman–Crippen LogP) is -0.281. The van der Waals surface area contributed by atoms with E-state index in [4.69, 9.17) is 0 Å². The maximum atomic E-state index is 11.9. The molecule has 0 saturated heterocycles. The van der Waals surface area contributed by atoms with Crippen molar-refractivity contribution in [1.82, 2.24) is 10.6 Å². The van der Waals surface area contributed by atoms with E-state index in [1.807, 2.05) is 31.5 Å². The highest BCUT2D eigenvalue weighted by Crippen LogP contribution is 2.18. The van der Waals surface area contributed by atoms with E-state index in [0.29, 0.717) is 19.1 Å². The molecule has 110 valence electrons. The van der Waals surface area contributed by atoms with E-state index >= 15 is 0 Å². The molecule has 1 aliphatic rings. The second-order valence-electron chi connectivity index (χ2n) is 5.46. The van der Waals surface area contributed by atoms with Gasteiger partial charge in [-0.05, 0) is 31.2 Å². The predicted molar refractivity (Wildman–Crippen MR) is 78.7 cm³/mol. The fourth-order valence-electron chi connectivity index (χ4n) is 2.02. The molecular formula is C14H22N3O2S+. The van der Waals surface area contributed by atoms with Gasteiger partial charge in [-0.15, -0.1) is 11.3 Å². The maximum absolute atomic E-state index is 11.9. The van der Waals surface area contributed by atoms with Crippen LogP contribution in [-0.4, -0.2) is 38.0 Å². The van der Waals surface area contributed by atoms with Gasteiger partial charge in [0.05, 0.1) is 13.1 Å². The Bertz CT molecular complexity index is 457. The maximum Gasteiger partial charge on any atom is 0.275 e. The third-order valence-electron chi connectivity index (χ3n) is 3.21. The molecule has 3 N–H and O–H groups in total. The fourth-order valence-corrected chi connectivity index (χ4v) is 2.75. The fraction of sp³-hybridized carbons (Fsp3) is 0.571. The van der Waals surface area contributed by atoms with Gasteiger partial charge in [-0.2, -0.15) is 0 Å². The van der Waals surface area contributed by atoms with Gasteiger partial charge in [-0.1, -0.05) is 6.07 Å². The summed E-state index contributed by atoms with van der Waals surface area (Å²) in [6.07, 6.45) is 2.17. The molecule has 0 spiro atoms. The molecule has 1 aromatic heterocycles. The minimum absolute atomic E-state index is 0.0237. The molecule has 1 saturated carbocycles. The van der Waals surface area contributed by atoms with Crippen LogP contribution in [-0.2, 0) is 9.59 Å². The van der Waals surface area contributed by atoms with Crippen molar-refractivity contribution >= 4 is 23.2 Å². The third-order valence-corrected chi connectivity index (χ3v) is 4.27. The molecule has 0 radical (unpaired) electrons. The molecule has 1 aliphatic carbocycles. The smallest absolute Gasteiger partial charge is 0.275 e. The zero-order valence-electron chi connectivity index (χ0n) is 11.9. The van der Waals surface area contributed by atoms with Gasteiger partial charge in [0.25, 0.3) is 11.8 Å². The number of hydrogen-bond donors (Lipinski definition) is 3. The molecule has 1 aromatic rings. The van der Waals surface area contributed by atoms with Crippen molar-refractivity contribution in [2.75, 3.05) is 20.1 Å². The largest absolute Gasteiger partial charge is 0.348 e. The number of thiophene rings is 1. The van der Waals surface area contributed by atoms with Gasteiger partial charge in [-0.25, -0.2) is 0 Å². The van der Waals surface area contributed by atoms with E-state index in [0.717, 1.165) is 22.6 Å². The van der Waals surface area contributed by atoms with Crippen LogP contribution in [0.4, 0.5) is 0 Å². The Kier molecular flexibility index (Phi) is 5.14. The first-order valence-corrected chi connectivity index (χ1v) is 7.86. The first-order valence-electron chi connectivity index (χ1n) is 6.98. The van der Waals surface area contributed by atoms with Crippen molar-refractivity contribution in [3.05, 3.63) is 22.4 Å². The van der Waals surface area contributed by atoms with Gasteiger partial charge >= 0.3 is 0 Å². The molecular weight excluding hydrogens is 274 g/mol. The van der Waals surface area contributed by atoms with Crippen LogP contribution >= 0.6 is 11.3 Å². The number of carbonyl (C=O) groups is 2. The normalized spacial score (nSPS) is 17.3. The highest BCUT2D eigenvalue weighted by Gasteiger charge is 2.25. The molecule has 1 unspecified atom stereocenters. The molecule has 2 atom stereocenters. The number of nitrogens with one attached hydrogen (secondary N) is 3. The number of rotatable bonds is 7. The monoisotopic (exact) mass is 296 g/mol. The van der Waals surface area contributed by atoms with Gasteiger partial charge in [0.2, 0.25) is 0 Å². The molecule has 1 fully saturated rings. The number of carbonyl (C=O) groups excluding carboxylic acids is 2. The second-order valence-corrected chi connectivity index (χ2v) is 6.44. The third kappa shape index (κ3) is 4.94. The molecule has 1 heterocycles. The van der Waals surface area contributed by atoms with E-state index < -0.39 is 0 Å². The number of likely N-dealkylation sites (N-methyl/N-ethyl adjacent to an activating group) is 1. The van der Waals surface area contributed by atoms with E-state index in [9.17, 15) is 9.59 Å². The average molecular weight is 296 g/mol. The zero-order chi connectivity index (χ0) is 14.5. The van der Waals surface area contributed by atoms with Crippen molar-refractivity contribution in [2.45, 2.75) is 31.8 Å². The summed E-state index contributed by atoms with van der Waals surface area (Å²) < 4.78 is 0. The summed E-state index contributed by atoms with van der Waals surface area (Å²) in [6.45, 7) is 2.63. The van der Waals surface area contributed by atoms with Gasteiger partial charge < -0.3 is 15.5 Å². The Morgan fingerprint density at radius 1 is 1.40 bits per heavy atom. The highest BCUT2D eigenvalue weighted by atomic mass is 32.1. The molecule has 20 heavy (non-hydrogen) atoms. The molecule has 2 rings (SSSR count). The van der Waals surface area contributed by atoms with Crippen LogP contribution in [0.3, 0.4) is 0 Å². The van der Waals surface area contributed by atoms with Gasteiger partial charge in [0.15, 0.2) is 13.1 Å². The Morgan fingerprint density at radius 3 is 2.70 bits per heavy atom. The number of quaternary nitrogens is 1. The first-order chi connectivity index (χ1) is 9.54. The summed E-state index contributed by atoms with van der Waals surface area (Å²) >= 11 is 1.63. The van der Waals surface area contributed by atoms with Crippen LogP contribution in [0, 0.1) is 0 Å². The standard InChI is InChI=1S/C14H21N3O2S/c1-10(12-4-3-7-20-12)15-13(18)8-17(2)9-14(19)16-11-5-6-11/h3-4,7,10-11H,5-6,8-9H2,1-2H3,(H,15,18)(H,16,19)/p+1/t10-/m1/s1. The van der Waals surface area contributed by atoms with Crippen LogP contribution in [0.1, 0.15) is 30.7 Å². The number of hydrogen-bond acceptors (Lipinski definition) is 3. The molecule has 0 aliphatic heterocycles. The van der Waals surface area contributed by atoms with Crippen LogP contribution in [0.25, 0.3) is 0 Å². The average Bonchev–Trinajstić information content (AvgIpc) is 2.99. The Labute approximate surface area is 123 Å². The van der Waals surface area contributed by atoms with E-state index in [2.05, 4.69) is 10.6 Å². The van der Waals surface area contributed by atoms with Gasteiger partial charge in [0, 0.05) is 10.9 Å². The van der Waals surface area contributed by atoms with Crippen molar-refractivity contribution in [2.24, 2.45) is 0 Å². The lowest BCUT2D eigenvalue weighted by atomic mass is 10.2. The molecule has 5 nitrogen and oxygen atoms in total. The second kappa shape index (κ2) is 6.85. The van der Waals surface area contributed by atoms with Crippen LogP contribution in [0.5, 0.6) is 0 Å². The van der Waals surface area contributed by atoms with E-state index in [1.54, 1.807) is 11.3 Å². The molecule has 0 aromatic carbocycles. The summed E-state index contributed by atoms with van der Waals surface area (Å²) in [6, 6.07) is 4.39. The van der Waals surface area contributed by atoms with Crippen molar-refractivity contribution < 1.29 is 14.5 Å². The summed E-state index contributed by atoms with van der Waals surface area (Å²) in [4.78, 5) is 25.6. The Balaban J connectivity index is 1.68. The van der Waals surface area contributed by atoms with E-state index in [-0.39, 0.29) is 17.9 Å². The molecule has 0 bridgehead atoms. The Morgan fingerprint density at radius 2 is 2.10 bits per heavy atom. The van der Waals surface area contributed by atoms with E-state index in [1.165, 1.54) is 0 Å². The quantitative estimate of drug-likeness (QED) is 0.648. The van der Waals surface area contributed by atoms with Gasteiger partial charge in [0.1, 0.15) is 0 Å². The Hall–Kier alpha value is -1.40. The summed E-state index contributed by atoms with van der Waals surface area (Å²) in [5, 5.41) is 7.89. The SMILES string of the molecule is C[C@@H](NC(=O)C[NH+](C)CC(=O)NC1CC1)c1cccs1. The van der Waals surface area contributed by atoms with Crippen LogP contribution in [0.15, 0.2) is 17.5 Å². The van der Waals surface area contributed by atoms with Crippen molar-refractivity contribution in [3.8, 4) is 0 Å². The van der Waals surface area contributed by atoms with Crippen molar-refractivity contribution in [3.63, 3.8) is 0 Å². The topological polar surface area (TPSA) is 62.6 Å². The summed E-state index contributed by atoms with van der Waals surface area (Å²) in [7, 11) is 1.86. The van der Waals surface area contributed by atoms with Crippen LogP contribution < -0.4 is 15.5 Å². The highest BCUT2D eigenvalue weighted by molar-refractivity contribution is 7.10. The van der Waals surface area contributed by atoms with Crippen LogP contribution in [0.2, 0.25) is 0 Å².